The summed E-state index contributed by atoms with van der Waals surface area (Å²) in [5.41, 5.74) is 1.01. The summed E-state index contributed by atoms with van der Waals surface area (Å²) in [7, 11) is 1.83. The van der Waals surface area contributed by atoms with Gasteiger partial charge in [0.05, 0.1) is 19.1 Å². The van der Waals surface area contributed by atoms with Crippen LogP contribution in [0.5, 0.6) is 0 Å². The Balaban J connectivity index is 1.95. The maximum Gasteiger partial charge on any atom is 0.313 e. The molecule has 1 aromatic rings. The molecular weight excluding hydrogens is 230 g/mol. The third-order valence-corrected chi connectivity index (χ3v) is 3.32. The smallest absolute Gasteiger partial charge is 0.313 e. The van der Waals surface area contributed by atoms with E-state index >= 15 is 0 Å². The van der Waals surface area contributed by atoms with Gasteiger partial charge in [-0.3, -0.25) is 4.79 Å². The van der Waals surface area contributed by atoms with E-state index in [0.717, 1.165) is 5.56 Å². The molecule has 0 aromatic heterocycles. The molecule has 0 aliphatic carbocycles. The number of hydrogen-bond acceptors (Lipinski definition) is 4. The Hall–Kier alpha value is -1.39. The first-order valence-corrected chi connectivity index (χ1v) is 6.23. The van der Waals surface area contributed by atoms with E-state index in [2.05, 4.69) is 5.32 Å². The summed E-state index contributed by atoms with van der Waals surface area (Å²) in [6.07, 6.45) is -0.225. The summed E-state index contributed by atoms with van der Waals surface area (Å²) in [6.45, 7) is 2.89. The maximum atomic E-state index is 12.1. The van der Waals surface area contributed by atoms with Crippen molar-refractivity contribution in [1.29, 1.82) is 0 Å². The van der Waals surface area contributed by atoms with Crippen LogP contribution in [0.25, 0.3) is 0 Å². The molecule has 1 heterocycles. The van der Waals surface area contributed by atoms with Gasteiger partial charge in [-0.15, -0.1) is 0 Å². The molecule has 1 aromatic carbocycles. The Labute approximate surface area is 107 Å². The molecule has 0 bridgehead atoms. The zero-order chi connectivity index (χ0) is 13.0. The van der Waals surface area contributed by atoms with Gasteiger partial charge in [0, 0.05) is 6.04 Å². The number of esters is 1. The molecule has 0 saturated carbocycles. The van der Waals surface area contributed by atoms with Crippen LogP contribution in [0, 0.1) is 5.92 Å². The first kappa shape index (κ1) is 13.1. The standard InChI is InChI=1S/C14H19NO3/c1-10(11-6-4-3-5-7-11)18-14(16)12-8-17-9-13(12)15-2/h3-7,10,12-13,15H,8-9H2,1-2H3. The topological polar surface area (TPSA) is 47.6 Å². The van der Waals surface area contributed by atoms with Gasteiger partial charge in [-0.25, -0.2) is 0 Å². The minimum atomic E-state index is -0.225. The van der Waals surface area contributed by atoms with Gasteiger partial charge in [0.15, 0.2) is 0 Å². The second-order valence-electron chi connectivity index (χ2n) is 4.53. The van der Waals surface area contributed by atoms with E-state index in [-0.39, 0.29) is 24.0 Å². The van der Waals surface area contributed by atoms with Crippen molar-refractivity contribution in [3.8, 4) is 0 Å². The summed E-state index contributed by atoms with van der Waals surface area (Å²) in [6, 6.07) is 9.79. The largest absolute Gasteiger partial charge is 0.457 e. The van der Waals surface area contributed by atoms with E-state index in [0.29, 0.717) is 13.2 Å². The van der Waals surface area contributed by atoms with Gasteiger partial charge in [-0.2, -0.15) is 0 Å². The fraction of sp³-hybridized carbons (Fsp3) is 0.500. The van der Waals surface area contributed by atoms with Gasteiger partial charge in [-0.05, 0) is 19.5 Å². The number of carbonyl (C=O) groups is 1. The van der Waals surface area contributed by atoms with Crippen molar-refractivity contribution in [2.45, 2.75) is 19.1 Å². The zero-order valence-electron chi connectivity index (χ0n) is 10.8. The molecule has 4 nitrogen and oxygen atoms in total. The van der Waals surface area contributed by atoms with Crippen LogP contribution >= 0.6 is 0 Å². The highest BCUT2D eigenvalue weighted by Gasteiger charge is 2.35. The molecule has 0 radical (unpaired) electrons. The summed E-state index contributed by atoms with van der Waals surface area (Å²) in [5, 5.41) is 3.08. The number of hydrogen-bond donors (Lipinski definition) is 1. The lowest BCUT2D eigenvalue weighted by Crippen LogP contribution is -2.38. The van der Waals surface area contributed by atoms with E-state index < -0.39 is 0 Å². The molecule has 1 saturated heterocycles. The third kappa shape index (κ3) is 2.89. The van der Waals surface area contributed by atoms with Crippen molar-refractivity contribution in [3.63, 3.8) is 0 Å². The molecule has 1 fully saturated rings. The number of ether oxygens (including phenoxy) is 2. The van der Waals surface area contributed by atoms with E-state index in [1.165, 1.54) is 0 Å². The van der Waals surface area contributed by atoms with E-state index in [1.54, 1.807) is 0 Å². The fourth-order valence-corrected chi connectivity index (χ4v) is 2.12. The van der Waals surface area contributed by atoms with Gasteiger partial charge in [0.25, 0.3) is 0 Å². The molecular formula is C14H19NO3. The fourth-order valence-electron chi connectivity index (χ4n) is 2.12. The second-order valence-corrected chi connectivity index (χ2v) is 4.53. The SMILES string of the molecule is CNC1COCC1C(=O)OC(C)c1ccccc1. The van der Waals surface area contributed by atoms with Crippen LogP contribution in [0.1, 0.15) is 18.6 Å². The second kappa shape index (κ2) is 5.98. The minimum Gasteiger partial charge on any atom is -0.457 e. The quantitative estimate of drug-likeness (QED) is 0.822. The van der Waals surface area contributed by atoms with Crippen LogP contribution in [0.15, 0.2) is 30.3 Å². The van der Waals surface area contributed by atoms with Crippen molar-refractivity contribution in [2.24, 2.45) is 5.92 Å². The lowest BCUT2D eigenvalue weighted by atomic mass is 10.0. The number of likely N-dealkylation sites (N-methyl/N-ethyl adjacent to an activating group) is 1. The van der Waals surface area contributed by atoms with Crippen LogP contribution in [0.2, 0.25) is 0 Å². The number of benzene rings is 1. The zero-order valence-corrected chi connectivity index (χ0v) is 10.8. The average Bonchev–Trinajstić information content (AvgIpc) is 2.88. The van der Waals surface area contributed by atoms with Gasteiger partial charge in [0.1, 0.15) is 6.10 Å². The molecule has 18 heavy (non-hydrogen) atoms. The summed E-state index contributed by atoms with van der Waals surface area (Å²) < 4.78 is 10.8. The van der Waals surface area contributed by atoms with Crippen molar-refractivity contribution >= 4 is 5.97 Å². The van der Waals surface area contributed by atoms with Crippen LogP contribution in [-0.2, 0) is 14.3 Å². The predicted molar refractivity (Wildman–Crippen MR) is 68.1 cm³/mol. The van der Waals surface area contributed by atoms with Gasteiger partial charge >= 0.3 is 5.97 Å². The Morgan fingerprint density at radius 1 is 1.39 bits per heavy atom. The van der Waals surface area contributed by atoms with Crippen LogP contribution in [0.3, 0.4) is 0 Å². The first-order chi connectivity index (χ1) is 8.72. The molecule has 0 amide bonds. The summed E-state index contributed by atoms with van der Waals surface area (Å²) in [4.78, 5) is 12.1. The maximum absolute atomic E-state index is 12.1. The van der Waals surface area contributed by atoms with Crippen LogP contribution in [-0.4, -0.2) is 32.3 Å². The van der Waals surface area contributed by atoms with Crippen molar-refractivity contribution in [3.05, 3.63) is 35.9 Å². The Bertz CT molecular complexity index is 393. The third-order valence-electron chi connectivity index (χ3n) is 3.32. The van der Waals surface area contributed by atoms with E-state index in [4.69, 9.17) is 9.47 Å². The Morgan fingerprint density at radius 3 is 2.78 bits per heavy atom. The van der Waals surface area contributed by atoms with Crippen molar-refractivity contribution in [2.75, 3.05) is 20.3 Å². The lowest BCUT2D eigenvalue weighted by Gasteiger charge is -2.19. The predicted octanol–water partition coefficient (Wildman–Crippen LogP) is 1.53. The molecule has 0 spiro atoms. The van der Waals surface area contributed by atoms with Crippen LogP contribution < -0.4 is 5.32 Å². The Morgan fingerprint density at radius 2 is 2.11 bits per heavy atom. The average molecular weight is 249 g/mol. The molecule has 2 rings (SSSR count). The molecule has 3 unspecified atom stereocenters. The monoisotopic (exact) mass is 249 g/mol. The molecule has 3 atom stereocenters. The highest BCUT2D eigenvalue weighted by Crippen LogP contribution is 2.21. The van der Waals surface area contributed by atoms with Crippen LogP contribution in [0.4, 0.5) is 0 Å². The van der Waals surface area contributed by atoms with E-state index in [1.807, 2.05) is 44.3 Å². The van der Waals surface area contributed by atoms with Crippen molar-refractivity contribution in [1.82, 2.24) is 5.32 Å². The highest BCUT2D eigenvalue weighted by atomic mass is 16.5. The number of carbonyl (C=O) groups excluding carboxylic acids is 1. The normalized spacial score (nSPS) is 24.8. The number of rotatable bonds is 4. The first-order valence-electron chi connectivity index (χ1n) is 6.23. The molecule has 98 valence electrons. The molecule has 4 heteroatoms. The van der Waals surface area contributed by atoms with E-state index in [9.17, 15) is 4.79 Å². The molecule has 1 aliphatic heterocycles. The number of nitrogens with one attached hydrogen (secondary N) is 1. The summed E-state index contributed by atoms with van der Waals surface area (Å²) >= 11 is 0. The minimum absolute atomic E-state index is 0.0560. The van der Waals surface area contributed by atoms with Crippen molar-refractivity contribution < 1.29 is 14.3 Å². The summed E-state index contributed by atoms with van der Waals surface area (Å²) in [5.74, 6) is -0.399. The molecule has 1 N–H and O–H groups in total. The Kier molecular flexibility index (Phi) is 4.33. The van der Waals surface area contributed by atoms with Gasteiger partial charge in [-0.1, -0.05) is 30.3 Å². The lowest BCUT2D eigenvalue weighted by molar-refractivity contribution is -0.154. The highest BCUT2D eigenvalue weighted by molar-refractivity contribution is 5.74. The molecule has 1 aliphatic rings. The van der Waals surface area contributed by atoms with Gasteiger partial charge < -0.3 is 14.8 Å². The van der Waals surface area contributed by atoms with Gasteiger partial charge in [0.2, 0.25) is 0 Å².